The zero-order valence-electron chi connectivity index (χ0n) is 19.4. The molecule has 2 aromatic heterocycles. The standard InChI is InChI=1S/C26H29N5O2/c1-4-23-22-14-11-19(17-25(22)31(28-23)20-7-5-6-8-20)24-15-16-27-30(24)21-12-9-18(10-13-21)26(32)29(2)33-3/h9-17,20H,4-8H2,1-3H3. The Morgan fingerprint density at radius 1 is 1.12 bits per heavy atom. The molecule has 0 atom stereocenters. The van der Waals surface area contributed by atoms with E-state index in [0.717, 1.165) is 23.4 Å². The molecular weight excluding hydrogens is 414 g/mol. The summed E-state index contributed by atoms with van der Waals surface area (Å²) in [6.07, 6.45) is 7.69. The monoisotopic (exact) mass is 443 g/mol. The van der Waals surface area contributed by atoms with Gasteiger partial charge in [0.1, 0.15) is 0 Å². The van der Waals surface area contributed by atoms with E-state index in [0.29, 0.717) is 11.6 Å². The minimum atomic E-state index is -0.193. The van der Waals surface area contributed by atoms with Crippen molar-refractivity contribution in [3.63, 3.8) is 0 Å². The van der Waals surface area contributed by atoms with Crippen molar-refractivity contribution in [1.29, 1.82) is 0 Å². The molecule has 2 aromatic carbocycles. The minimum absolute atomic E-state index is 0.193. The van der Waals surface area contributed by atoms with Crippen molar-refractivity contribution in [2.24, 2.45) is 0 Å². The predicted molar refractivity (Wildman–Crippen MR) is 128 cm³/mol. The maximum absolute atomic E-state index is 12.3. The molecule has 0 aliphatic heterocycles. The average Bonchev–Trinajstić information content (AvgIpc) is 3.62. The Morgan fingerprint density at radius 3 is 2.58 bits per heavy atom. The molecule has 0 saturated heterocycles. The van der Waals surface area contributed by atoms with E-state index in [1.165, 1.54) is 54.5 Å². The smallest absolute Gasteiger partial charge is 0.274 e. The maximum Gasteiger partial charge on any atom is 0.277 e. The first-order chi connectivity index (χ1) is 16.1. The highest BCUT2D eigenvalue weighted by Crippen LogP contribution is 2.35. The first kappa shape index (κ1) is 21.4. The van der Waals surface area contributed by atoms with E-state index in [-0.39, 0.29) is 5.91 Å². The lowest BCUT2D eigenvalue weighted by Crippen LogP contribution is -2.25. The second kappa shape index (κ2) is 8.83. The largest absolute Gasteiger partial charge is 0.277 e. The number of rotatable bonds is 6. The molecule has 0 unspecified atom stereocenters. The van der Waals surface area contributed by atoms with Crippen LogP contribution in [0.2, 0.25) is 0 Å². The van der Waals surface area contributed by atoms with E-state index in [4.69, 9.17) is 9.94 Å². The van der Waals surface area contributed by atoms with Gasteiger partial charge in [0, 0.05) is 23.6 Å². The zero-order valence-corrected chi connectivity index (χ0v) is 19.4. The molecule has 4 aromatic rings. The van der Waals surface area contributed by atoms with Crippen LogP contribution < -0.4 is 0 Å². The molecule has 0 N–H and O–H groups in total. The van der Waals surface area contributed by atoms with Crippen molar-refractivity contribution in [2.75, 3.05) is 14.2 Å². The van der Waals surface area contributed by atoms with E-state index in [2.05, 4.69) is 34.9 Å². The number of carbonyl (C=O) groups excluding carboxylic acids is 1. The molecule has 7 heteroatoms. The lowest BCUT2D eigenvalue weighted by atomic mass is 10.1. The van der Waals surface area contributed by atoms with Crippen molar-refractivity contribution in [2.45, 2.75) is 45.1 Å². The molecule has 33 heavy (non-hydrogen) atoms. The van der Waals surface area contributed by atoms with Gasteiger partial charge in [0.05, 0.1) is 41.9 Å². The average molecular weight is 444 g/mol. The van der Waals surface area contributed by atoms with Gasteiger partial charge in [-0.1, -0.05) is 31.9 Å². The second-order valence-corrected chi connectivity index (χ2v) is 8.58. The van der Waals surface area contributed by atoms with Crippen LogP contribution in [0.4, 0.5) is 0 Å². The number of benzene rings is 2. The number of hydroxylamine groups is 2. The van der Waals surface area contributed by atoms with Crippen molar-refractivity contribution in [1.82, 2.24) is 24.6 Å². The lowest BCUT2D eigenvalue weighted by molar-refractivity contribution is -0.0756. The van der Waals surface area contributed by atoms with Gasteiger partial charge in [-0.15, -0.1) is 0 Å². The minimum Gasteiger partial charge on any atom is -0.274 e. The number of aromatic nitrogens is 4. The predicted octanol–water partition coefficient (Wildman–Crippen LogP) is 5.20. The molecule has 5 rings (SSSR count). The molecule has 1 saturated carbocycles. The van der Waals surface area contributed by atoms with Gasteiger partial charge in [0.15, 0.2) is 0 Å². The van der Waals surface area contributed by atoms with Crippen molar-refractivity contribution in [3.8, 4) is 16.9 Å². The molecule has 1 aliphatic carbocycles. The number of aryl methyl sites for hydroxylation is 1. The molecule has 1 fully saturated rings. The topological polar surface area (TPSA) is 65.2 Å². The highest BCUT2D eigenvalue weighted by molar-refractivity contribution is 5.93. The van der Waals surface area contributed by atoms with Gasteiger partial charge in [-0.2, -0.15) is 10.2 Å². The van der Waals surface area contributed by atoms with Crippen LogP contribution in [-0.2, 0) is 11.3 Å². The number of amides is 1. The number of hydrogen-bond acceptors (Lipinski definition) is 4. The van der Waals surface area contributed by atoms with Crippen LogP contribution in [-0.4, -0.2) is 44.7 Å². The van der Waals surface area contributed by atoms with Gasteiger partial charge < -0.3 is 0 Å². The number of nitrogens with zero attached hydrogens (tertiary/aromatic N) is 5. The summed E-state index contributed by atoms with van der Waals surface area (Å²) in [6.45, 7) is 2.17. The van der Waals surface area contributed by atoms with Gasteiger partial charge in [-0.25, -0.2) is 9.75 Å². The van der Waals surface area contributed by atoms with Gasteiger partial charge in [-0.05, 0) is 55.7 Å². The SMILES string of the molecule is CCc1nn(C2CCCC2)c2cc(-c3ccnn3-c3ccc(C(=O)N(C)OC)cc3)ccc12. The van der Waals surface area contributed by atoms with E-state index < -0.39 is 0 Å². The third-order valence-electron chi connectivity index (χ3n) is 6.65. The Morgan fingerprint density at radius 2 is 1.88 bits per heavy atom. The molecule has 0 spiro atoms. The summed E-state index contributed by atoms with van der Waals surface area (Å²) in [6, 6.07) is 16.5. The molecule has 7 nitrogen and oxygen atoms in total. The molecule has 1 amide bonds. The summed E-state index contributed by atoms with van der Waals surface area (Å²) in [5.41, 5.74) is 5.92. The number of fused-ring (bicyclic) bond motifs is 1. The zero-order chi connectivity index (χ0) is 22.9. The first-order valence-electron chi connectivity index (χ1n) is 11.6. The number of hydrogen-bond donors (Lipinski definition) is 0. The van der Waals surface area contributed by atoms with Gasteiger partial charge >= 0.3 is 0 Å². The quantitative estimate of drug-likeness (QED) is 0.384. The Balaban J connectivity index is 1.53. The van der Waals surface area contributed by atoms with Crippen molar-refractivity contribution in [3.05, 3.63) is 66.0 Å². The van der Waals surface area contributed by atoms with Crippen LogP contribution in [0.25, 0.3) is 27.8 Å². The van der Waals surface area contributed by atoms with Crippen LogP contribution in [0, 0.1) is 0 Å². The van der Waals surface area contributed by atoms with Crippen molar-refractivity contribution < 1.29 is 9.63 Å². The lowest BCUT2D eigenvalue weighted by Gasteiger charge is -2.14. The van der Waals surface area contributed by atoms with Gasteiger partial charge in [-0.3, -0.25) is 14.3 Å². The second-order valence-electron chi connectivity index (χ2n) is 8.58. The summed E-state index contributed by atoms with van der Waals surface area (Å²) in [5, 5.41) is 12.0. The molecule has 1 aliphatic rings. The van der Waals surface area contributed by atoms with E-state index in [1.54, 1.807) is 19.2 Å². The van der Waals surface area contributed by atoms with Gasteiger partial charge in [0.2, 0.25) is 0 Å². The summed E-state index contributed by atoms with van der Waals surface area (Å²) >= 11 is 0. The Kier molecular flexibility index (Phi) is 5.72. The Hall–Kier alpha value is -3.45. The summed E-state index contributed by atoms with van der Waals surface area (Å²) in [5.74, 6) is -0.193. The first-order valence-corrected chi connectivity index (χ1v) is 11.6. The van der Waals surface area contributed by atoms with Crippen LogP contribution in [0.1, 0.15) is 54.7 Å². The third-order valence-corrected chi connectivity index (χ3v) is 6.65. The fourth-order valence-corrected chi connectivity index (χ4v) is 4.79. The number of carbonyl (C=O) groups is 1. The highest BCUT2D eigenvalue weighted by Gasteiger charge is 2.22. The molecule has 170 valence electrons. The summed E-state index contributed by atoms with van der Waals surface area (Å²) in [7, 11) is 3.07. The fourth-order valence-electron chi connectivity index (χ4n) is 4.79. The molecular formula is C26H29N5O2. The van der Waals surface area contributed by atoms with Gasteiger partial charge in [0.25, 0.3) is 5.91 Å². The molecule has 0 radical (unpaired) electrons. The normalized spacial score (nSPS) is 14.3. The fraction of sp³-hybridized carbons (Fsp3) is 0.346. The van der Waals surface area contributed by atoms with Crippen LogP contribution in [0.15, 0.2) is 54.7 Å². The molecule has 0 bridgehead atoms. The summed E-state index contributed by atoms with van der Waals surface area (Å²) in [4.78, 5) is 17.3. The maximum atomic E-state index is 12.3. The molecule has 2 heterocycles. The third kappa shape index (κ3) is 3.82. The Labute approximate surface area is 193 Å². The van der Waals surface area contributed by atoms with Crippen LogP contribution in [0.3, 0.4) is 0 Å². The van der Waals surface area contributed by atoms with Crippen molar-refractivity contribution >= 4 is 16.8 Å². The van der Waals surface area contributed by atoms with Crippen LogP contribution in [0.5, 0.6) is 0 Å². The Bertz CT molecular complexity index is 1280. The van der Waals surface area contributed by atoms with E-state index in [9.17, 15) is 4.79 Å². The van der Waals surface area contributed by atoms with Crippen LogP contribution >= 0.6 is 0 Å². The van der Waals surface area contributed by atoms with E-state index in [1.807, 2.05) is 29.1 Å². The summed E-state index contributed by atoms with van der Waals surface area (Å²) < 4.78 is 4.17. The van der Waals surface area contributed by atoms with E-state index >= 15 is 0 Å². The highest BCUT2D eigenvalue weighted by atomic mass is 16.7.